The molecule has 0 aromatic carbocycles. The van der Waals surface area contributed by atoms with Gasteiger partial charge in [0.25, 0.3) is 0 Å². The number of nitrogens with zero attached hydrogens (tertiary/aromatic N) is 4. The van der Waals surface area contributed by atoms with Crippen LogP contribution >= 0.6 is 0 Å². The number of piperazine rings is 1. The number of likely N-dealkylation sites (tertiary alicyclic amines) is 1. The third kappa shape index (κ3) is 15.1. The lowest BCUT2D eigenvalue weighted by Gasteiger charge is -2.28. The molecule has 0 unspecified atom stereocenters. The van der Waals surface area contributed by atoms with E-state index in [0.717, 1.165) is 19.6 Å². The van der Waals surface area contributed by atoms with Gasteiger partial charge in [-0.2, -0.15) is 0 Å². The van der Waals surface area contributed by atoms with Gasteiger partial charge < -0.3 is 24.9 Å². The summed E-state index contributed by atoms with van der Waals surface area (Å²) in [7, 11) is 10.6. The second-order valence-corrected chi connectivity index (χ2v) is 6.97. The first-order valence-corrected chi connectivity index (χ1v) is 9.38. The smallest absolute Gasteiger partial charge is 0.0107 e. The van der Waals surface area contributed by atoms with E-state index < -0.39 is 0 Å². The molecule has 0 aliphatic carbocycles. The maximum Gasteiger partial charge on any atom is 0.0107 e. The standard InChI is InChI=1S/C6H14N2.C6H16N2.C6H13N/c1-7-3-5-8(2)6-4-7;1-4-8(3)6-5-7-2;1-7-5-3-2-4-6-7/h3-6H2,1-2H3;7H,4-6H2,1-3H3;2-6H2,1H3. The monoisotopic (exact) mass is 329 g/mol. The van der Waals surface area contributed by atoms with Crippen LogP contribution in [0.25, 0.3) is 0 Å². The largest absolute Gasteiger partial charge is 0.318 e. The summed E-state index contributed by atoms with van der Waals surface area (Å²) < 4.78 is 0. The fourth-order valence-corrected chi connectivity index (χ4v) is 2.42. The molecular weight excluding hydrogens is 286 g/mol. The van der Waals surface area contributed by atoms with Gasteiger partial charge in [-0.05, 0) is 67.7 Å². The van der Waals surface area contributed by atoms with E-state index in [1.807, 2.05) is 7.05 Å². The fourth-order valence-electron chi connectivity index (χ4n) is 2.42. The molecule has 23 heavy (non-hydrogen) atoms. The highest BCUT2D eigenvalue weighted by Gasteiger charge is 2.07. The van der Waals surface area contributed by atoms with E-state index in [0.29, 0.717) is 0 Å². The molecule has 2 heterocycles. The first kappa shape index (κ1) is 22.8. The summed E-state index contributed by atoms with van der Waals surface area (Å²) in [6.07, 6.45) is 4.28. The van der Waals surface area contributed by atoms with Crippen molar-refractivity contribution in [3.63, 3.8) is 0 Å². The highest BCUT2D eigenvalue weighted by molar-refractivity contribution is 4.64. The topological polar surface area (TPSA) is 25.0 Å². The Labute approximate surface area is 146 Å². The Balaban J connectivity index is 0.000000316. The molecule has 0 saturated carbocycles. The van der Waals surface area contributed by atoms with Crippen LogP contribution in [-0.4, -0.2) is 114 Å². The number of rotatable bonds is 4. The molecule has 0 aromatic rings. The third-order valence-corrected chi connectivity index (χ3v) is 4.59. The van der Waals surface area contributed by atoms with E-state index in [9.17, 15) is 0 Å². The van der Waals surface area contributed by atoms with Gasteiger partial charge in [0.05, 0.1) is 0 Å². The number of hydrogen-bond acceptors (Lipinski definition) is 5. The molecule has 1 N–H and O–H groups in total. The maximum atomic E-state index is 3.09. The Hall–Kier alpha value is -0.200. The highest BCUT2D eigenvalue weighted by Crippen LogP contribution is 2.04. The van der Waals surface area contributed by atoms with E-state index >= 15 is 0 Å². The molecule has 2 rings (SSSR count). The van der Waals surface area contributed by atoms with Gasteiger partial charge in [0.1, 0.15) is 0 Å². The molecule has 0 atom stereocenters. The Morgan fingerprint density at radius 1 is 0.783 bits per heavy atom. The highest BCUT2D eigenvalue weighted by atomic mass is 15.2. The molecule has 0 aromatic heterocycles. The zero-order chi connectivity index (χ0) is 17.5. The lowest BCUT2D eigenvalue weighted by molar-refractivity contribution is 0.181. The summed E-state index contributed by atoms with van der Waals surface area (Å²) in [5.41, 5.74) is 0. The minimum absolute atomic E-state index is 1.09. The molecule has 2 aliphatic heterocycles. The molecule has 2 fully saturated rings. The van der Waals surface area contributed by atoms with Crippen LogP contribution in [0.3, 0.4) is 0 Å². The van der Waals surface area contributed by atoms with Crippen molar-refractivity contribution in [2.75, 3.05) is 94.1 Å². The maximum absolute atomic E-state index is 3.09. The third-order valence-electron chi connectivity index (χ3n) is 4.59. The van der Waals surface area contributed by atoms with Crippen LogP contribution in [-0.2, 0) is 0 Å². The second kappa shape index (κ2) is 15.3. The van der Waals surface area contributed by atoms with Gasteiger partial charge in [-0.1, -0.05) is 13.3 Å². The van der Waals surface area contributed by atoms with Gasteiger partial charge in [-0.25, -0.2) is 0 Å². The predicted octanol–water partition coefficient (Wildman–Crippen LogP) is 1.12. The van der Waals surface area contributed by atoms with Crippen molar-refractivity contribution < 1.29 is 0 Å². The molecule has 0 bridgehead atoms. The van der Waals surface area contributed by atoms with Crippen molar-refractivity contribution >= 4 is 0 Å². The van der Waals surface area contributed by atoms with Crippen LogP contribution in [0, 0.1) is 0 Å². The summed E-state index contributed by atoms with van der Waals surface area (Å²) in [5, 5.41) is 3.09. The SMILES string of the molecule is CCN(C)CCNC.CN1CCCCC1.CN1CCN(C)CC1. The first-order valence-electron chi connectivity index (χ1n) is 9.38. The van der Waals surface area contributed by atoms with Crippen molar-refractivity contribution in [1.29, 1.82) is 0 Å². The second-order valence-electron chi connectivity index (χ2n) is 6.97. The molecular formula is C18H43N5. The average molecular weight is 330 g/mol. The Bertz CT molecular complexity index is 222. The minimum Gasteiger partial charge on any atom is -0.318 e. The van der Waals surface area contributed by atoms with Crippen LogP contribution in [0.15, 0.2) is 0 Å². The number of nitrogens with one attached hydrogen (secondary N) is 1. The van der Waals surface area contributed by atoms with E-state index in [1.165, 1.54) is 58.5 Å². The first-order chi connectivity index (χ1) is 11.0. The molecule has 2 aliphatic rings. The fraction of sp³-hybridized carbons (Fsp3) is 1.00. The molecule has 140 valence electrons. The van der Waals surface area contributed by atoms with Crippen molar-refractivity contribution in [2.45, 2.75) is 26.2 Å². The summed E-state index contributed by atoms with van der Waals surface area (Å²) >= 11 is 0. The van der Waals surface area contributed by atoms with Crippen LogP contribution in [0.4, 0.5) is 0 Å². The summed E-state index contributed by atoms with van der Waals surface area (Å²) in [6.45, 7) is 13.1. The normalized spacial score (nSPS) is 20.5. The van der Waals surface area contributed by atoms with Crippen LogP contribution in [0.2, 0.25) is 0 Å². The van der Waals surface area contributed by atoms with Crippen molar-refractivity contribution in [3.8, 4) is 0 Å². The van der Waals surface area contributed by atoms with Crippen molar-refractivity contribution in [3.05, 3.63) is 0 Å². The van der Waals surface area contributed by atoms with Gasteiger partial charge in [0.15, 0.2) is 0 Å². The molecule has 0 spiro atoms. The molecule has 0 amide bonds. The van der Waals surface area contributed by atoms with E-state index in [1.54, 1.807) is 0 Å². The van der Waals surface area contributed by atoms with Gasteiger partial charge in [0.2, 0.25) is 0 Å². The summed E-state index contributed by atoms with van der Waals surface area (Å²) in [4.78, 5) is 9.39. The van der Waals surface area contributed by atoms with Crippen molar-refractivity contribution in [1.82, 2.24) is 24.9 Å². The van der Waals surface area contributed by atoms with Crippen LogP contribution in [0.1, 0.15) is 26.2 Å². The predicted molar refractivity (Wildman–Crippen MR) is 103 cm³/mol. The van der Waals surface area contributed by atoms with Gasteiger partial charge >= 0.3 is 0 Å². The molecule has 2 saturated heterocycles. The van der Waals surface area contributed by atoms with Gasteiger partial charge in [0, 0.05) is 39.3 Å². The van der Waals surface area contributed by atoms with Gasteiger partial charge in [-0.15, -0.1) is 0 Å². The summed E-state index contributed by atoms with van der Waals surface area (Å²) in [5.74, 6) is 0. The Morgan fingerprint density at radius 3 is 1.52 bits per heavy atom. The number of hydrogen-bond donors (Lipinski definition) is 1. The summed E-state index contributed by atoms with van der Waals surface area (Å²) in [6, 6.07) is 0. The Kier molecular flexibility index (Phi) is 15.2. The zero-order valence-electron chi connectivity index (χ0n) is 16.8. The zero-order valence-corrected chi connectivity index (χ0v) is 16.8. The lowest BCUT2D eigenvalue weighted by atomic mass is 10.1. The van der Waals surface area contributed by atoms with E-state index in [-0.39, 0.29) is 0 Å². The average Bonchev–Trinajstić information content (AvgIpc) is 2.57. The van der Waals surface area contributed by atoms with Crippen LogP contribution in [0.5, 0.6) is 0 Å². The minimum atomic E-state index is 1.09. The van der Waals surface area contributed by atoms with Crippen molar-refractivity contribution in [2.24, 2.45) is 0 Å². The molecule has 5 heteroatoms. The van der Waals surface area contributed by atoms with E-state index in [4.69, 9.17) is 0 Å². The van der Waals surface area contributed by atoms with Gasteiger partial charge in [-0.3, -0.25) is 0 Å². The molecule has 0 radical (unpaired) electrons. The number of piperidine rings is 1. The quantitative estimate of drug-likeness (QED) is 0.833. The van der Waals surface area contributed by atoms with E-state index in [2.05, 4.69) is 60.0 Å². The lowest BCUT2D eigenvalue weighted by Crippen LogP contribution is -2.42. The number of likely N-dealkylation sites (N-methyl/N-ethyl adjacent to an activating group) is 4. The van der Waals surface area contributed by atoms with Crippen LogP contribution < -0.4 is 5.32 Å². The Morgan fingerprint density at radius 2 is 1.22 bits per heavy atom. The molecule has 5 nitrogen and oxygen atoms in total.